The van der Waals surface area contributed by atoms with Crippen LogP contribution in [0.25, 0.3) is 11.0 Å². The second-order valence-corrected chi connectivity index (χ2v) is 10.2. The minimum absolute atomic E-state index is 0.333. The standard InChI is InChI=1S/C20H30N2O4S/c1-5-15-13-17(14-16-9-10-18(23)26-19(15)16)21-11-7-6-8-12-22-27(24,25)20(2,3)4/h9-10,13-14,21-22H,5-8,11-12H2,1-4H3. The third kappa shape index (κ3) is 5.81. The lowest BCUT2D eigenvalue weighted by Crippen LogP contribution is -2.39. The normalized spacial score (nSPS) is 12.4. The maximum absolute atomic E-state index is 12.0. The predicted octanol–water partition coefficient (Wildman–Crippen LogP) is 3.66. The number of benzene rings is 1. The molecule has 0 aliphatic rings. The Hall–Kier alpha value is -1.86. The molecule has 0 saturated heterocycles. The van der Waals surface area contributed by atoms with Gasteiger partial charge in [-0.05, 0) is 63.8 Å². The zero-order valence-electron chi connectivity index (χ0n) is 16.6. The van der Waals surface area contributed by atoms with E-state index in [9.17, 15) is 13.2 Å². The molecule has 0 aliphatic heterocycles. The van der Waals surface area contributed by atoms with E-state index in [2.05, 4.69) is 10.0 Å². The maximum Gasteiger partial charge on any atom is 0.336 e. The van der Waals surface area contributed by atoms with Gasteiger partial charge in [-0.2, -0.15) is 0 Å². The van der Waals surface area contributed by atoms with Crippen LogP contribution in [0.3, 0.4) is 0 Å². The SMILES string of the molecule is CCc1cc(NCCCCCNS(=O)(=O)C(C)(C)C)cc2ccc(=O)oc12. The molecule has 2 aromatic rings. The number of nitrogens with one attached hydrogen (secondary N) is 2. The molecule has 1 aromatic heterocycles. The molecular weight excluding hydrogens is 364 g/mol. The molecular formula is C20H30N2O4S. The van der Waals surface area contributed by atoms with Crippen molar-refractivity contribution in [1.29, 1.82) is 0 Å². The van der Waals surface area contributed by atoms with Crippen LogP contribution >= 0.6 is 0 Å². The van der Waals surface area contributed by atoms with Crippen LogP contribution in [-0.2, 0) is 16.4 Å². The molecule has 0 atom stereocenters. The zero-order chi connectivity index (χ0) is 20.1. The van der Waals surface area contributed by atoms with Gasteiger partial charge in [-0.1, -0.05) is 13.3 Å². The summed E-state index contributed by atoms with van der Waals surface area (Å²) in [4.78, 5) is 11.4. The first-order valence-corrected chi connectivity index (χ1v) is 10.9. The van der Waals surface area contributed by atoms with Gasteiger partial charge in [0.25, 0.3) is 0 Å². The molecule has 0 spiro atoms. The summed E-state index contributed by atoms with van der Waals surface area (Å²) < 4.78 is 31.1. The molecule has 0 bridgehead atoms. The highest BCUT2D eigenvalue weighted by molar-refractivity contribution is 7.90. The Kier molecular flexibility index (Phi) is 7.06. The number of unbranched alkanes of at least 4 members (excludes halogenated alkanes) is 2. The van der Waals surface area contributed by atoms with E-state index >= 15 is 0 Å². The Bertz CT molecular complexity index is 927. The Morgan fingerprint density at radius 3 is 2.41 bits per heavy atom. The Morgan fingerprint density at radius 2 is 1.74 bits per heavy atom. The average molecular weight is 395 g/mol. The molecule has 7 heteroatoms. The van der Waals surface area contributed by atoms with Gasteiger partial charge >= 0.3 is 5.63 Å². The van der Waals surface area contributed by atoms with Gasteiger partial charge < -0.3 is 9.73 Å². The van der Waals surface area contributed by atoms with Crippen LogP contribution in [0.5, 0.6) is 0 Å². The quantitative estimate of drug-likeness (QED) is 0.501. The summed E-state index contributed by atoms with van der Waals surface area (Å²) in [6, 6.07) is 7.22. The number of aryl methyl sites for hydroxylation is 1. The highest BCUT2D eigenvalue weighted by Crippen LogP contribution is 2.23. The fraction of sp³-hybridized carbons (Fsp3) is 0.550. The molecule has 0 radical (unpaired) electrons. The first-order valence-electron chi connectivity index (χ1n) is 9.44. The number of hydrogen-bond donors (Lipinski definition) is 2. The van der Waals surface area contributed by atoms with E-state index in [0.29, 0.717) is 12.1 Å². The first-order chi connectivity index (χ1) is 12.6. The number of rotatable bonds is 9. The van der Waals surface area contributed by atoms with E-state index in [1.165, 1.54) is 6.07 Å². The molecule has 0 saturated carbocycles. The van der Waals surface area contributed by atoms with E-state index in [4.69, 9.17) is 4.42 Å². The second kappa shape index (κ2) is 8.89. The minimum atomic E-state index is -3.26. The third-order valence-electron chi connectivity index (χ3n) is 4.46. The lowest BCUT2D eigenvalue weighted by atomic mass is 10.1. The summed E-state index contributed by atoms with van der Waals surface area (Å²) in [7, 11) is -3.26. The summed E-state index contributed by atoms with van der Waals surface area (Å²) in [5.41, 5.74) is 2.33. The van der Waals surface area contributed by atoms with Gasteiger partial charge in [0.05, 0.1) is 4.75 Å². The van der Waals surface area contributed by atoms with Crippen molar-refractivity contribution in [1.82, 2.24) is 4.72 Å². The minimum Gasteiger partial charge on any atom is -0.422 e. The summed E-state index contributed by atoms with van der Waals surface area (Å²) in [5, 5.41) is 4.31. The van der Waals surface area contributed by atoms with Crippen LogP contribution in [-0.4, -0.2) is 26.3 Å². The zero-order valence-corrected chi connectivity index (χ0v) is 17.4. The van der Waals surface area contributed by atoms with Gasteiger partial charge in [0, 0.05) is 30.2 Å². The Morgan fingerprint density at radius 1 is 1.04 bits per heavy atom. The molecule has 0 amide bonds. The Labute approximate surface area is 161 Å². The van der Waals surface area contributed by atoms with Crippen molar-refractivity contribution in [2.45, 2.75) is 58.1 Å². The summed E-state index contributed by atoms with van der Waals surface area (Å²) in [5.74, 6) is 0. The van der Waals surface area contributed by atoms with E-state index in [1.54, 1.807) is 26.8 Å². The number of hydrogen-bond acceptors (Lipinski definition) is 5. The van der Waals surface area contributed by atoms with Crippen LogP contribution in [0.2, 0.25) is 0 Å². The molecule has 1 aromatic carbocycles. The summed E-state index contributed by atoms with van der Waals surface area (Å²) >= 11 is 0. The molecule has 2 N–H and O–H groups in total. The smallest absolute Gasteiger partial charge is 0.336 e. The van der Waals surface area contributed by atoms with Gasteiger partial charge in [-0.25, -0.2) is 17.9 Å². The van der Waals surface area contributed by atoms with Crippen molar-refractivity contribution in [3.05, 3.63) is 40.2 Å². The fourth-order valence-electron chi connectivity index (χ4n) is 2.70. The number of fused-ring (bicyclic) bond motifs is 1. The number of sulfonamides is 1. The van der Waals surface area contributed by atoms with Gasteiger partial charge in [0.2, 0.25) is 10.0 Å². The van der Waals surface area contributed by atoms with Crippen molar-refractivity contribution in [3.63, 3.8) is 0 Å². The lowest BCUT2D eigenvalue weighted by Gasteiger charge is -2.19. The largest absolute Gasteiger partial charge is 0.422 e. The molecule has 6 nitrogen and oxygen atoms in total. The fourth-order valence-corrected chi connectivity index (χ4v) is 3.55. The molecule has 1 heterocycles. The van der Waals surface area contributed by atoms with Gasteiger partial charge in [-0.15, -0.1) is 0 Å². The molecule has 0 aliphatic carbocycles. The molecule has 2 rings (SSSR count). The Balaban J connectivity index is 1.81. The molecule has 0 unspecified atom stereocenters. The van der Waals surface area contributed by atoms with Crippen molar-refractivity contribution in [2.75, 3.05) is 18.4 Å². The summed E-state index contributed by atoms with van der Waals surface area (Å²) in [6.07, 6.45) is 3.47. The monoisotopic (exact) mass is 394 g/mol. The van der Waals surface area contributed by atoms with Crippen LogP contribution in [0.4, 0.5) is 5.69 Å². The van der Waals surface area contributed by atoms with E-state index in [1.807, 2.05) is 19.1 Å². The van der Waals surface area contributed by atoms with Crippen LogP contribution in [0.1, 0.15) is 52.5 Å². The molecule has 0 fully saturated rings. The molecule has 27 heavy (non-hydrogen) atoms. The maximum atomic E-state index is 12.0. The van der Waals surface area contributed by atoms with Crippen molar-refractivity contribution in [3.8, 4) is 0 Å². The van der Waals surface area contributed by atoms with E-state index in [-0.39, 0.29) is 5.63 Å². The summed E-state index contributed by atoms with van der Waals surface area (Å²) in [6.45, 7) is 8.38. The van der Waals surface area contributed by atoms with E-state index < -0.39 is 14.8 Å². The molecule has 150 valence electrons. The predicted molar refractivity (Wildman–Crippen MR) is 111 cm³/mol. The second-order valence-electron chi connectivity index (χ2n) is 7.66. The van der Waals surface area contributed by atoms with Gasteiger partial charge in [0.1, 0.15) is 5.58 Å². The van der Waals surface area contributed by atoms with Gasteiger partial charge in [-0.3, -0.25) is 0 Å². The third-order valence-corrected chi connectivity index (χ3v) is 6.65. The first kappa shape index (κ1) is 21.4. The van der Waals surface area contributed by atoms with Crippen molar-refractivity contribution >= 4 is 26.7 Å². The van der Waals surface area contributed by atoms with Crippen LogP contribution < -0.4 is 15.7 Å². The van der Waals surface area contributed by atoms with Crippen molar-refractivity contribution < 1.29 is 12.8 Å². The highest BCUT2D eigenvalue weighted by atomic mass is 32.2. The van der Waals surface area contributed by atoms with Gasteiger partial charge in [0.15, 0.2) is 0 Å². The highest BCUT2D eigenvalue weighted by Gasteiger charge is 2.27. The topological polar surface area (TPSA) is 88.4 Å². The van der Waals surface area contributed by atoms with Crippen molar-refractivity contribution in [2.24, 2.45) is 0 Å². The van der Waals surface area contributed by atoms with E-state index in [0.717, 1.165) is 48.9 Å². The van der Waals surface area contributed by atoms with Crippen LogP contribution in [0.15, 0.2) is 33.5 Å². The average Bonchev–Trinajstić information content (AvgIpc) is 2.59. The van der Waals surface area contributed by atoms with Crippen LogP contribution in [0, 0.1) is 0 Å². The lowest BCUT2D eigenvalue weighted by molar-refractivity contribution is 0.540. The number of anilines is 1.